The summed E-state index contributed by atoms with van der Waals surface area (Å²) in [7, 11) is 1.26. The van der Waals surface area contributed by atoms with E-state index in [4.69, 9.17) is 39.5 Å². The summed E-state index contributed by atoms with van der Waals surface area (Å²) in [4.78, 5) is 24.4. The topological polar surface area (TPSA) is 52.6 Å². The molecule has 2 aromatic carbocycles. The van der Waals surface area contributed by atoms with E-state index in [2.05, 4.69) is 4.74 Å². The highest BCUT2D eigenvalue weighted by atomic mass is 35.5. The molecule has 0 bridgehead atoms. The molecule has 7 heteroatoms. The highest BCUT2D eigenvalue weighted by Gasteiger charge is 2.45. The number of hydrogen-bond acceptors (Lipinski definition) is 4. The summed E-state index contributed by atoms with van der Waals surface area (Å²) in [5, 5.41) is 0.828. The van der Waals surface area contributed by atoms with Crippen LogP contribution in [-0.2, 0) is 21.4 Å². The number of esters is 1. The van der Waals surface area contributed by atoms with Gasteiger partial charge in [-0.3, -0.25) is 4.79 Å². The SMILES string of the molecule is COC(=O)COc1cc2c(c(Cl)c1Cl)C(=O)[C@@](C)(c1ccc(Cl)cc1)C2. The monoisotopic (exact) mass is 412 g/mol. The molecule has 26 heavy (non-hydrogen) atoms. The van der Waals surface area contributed by atoms with Gasteiger partial charge in [-0.1, -0.05) is 46.9 Å². The zero-order valence-corrected chi connectivity index (χ0v) is 16.3. The predicted octanol–water partition coefficient (Wildman–Crippen LogP) is 4.90. The van der Waals surface area contributed by atoms with E-state index in [0.717, 1.165) is 11.1 Å². The van der Waals surface area contributed by atoms with Crippen molar-refractivity contribution in [3.63, 3.8) is 0 Å². The Hall–Kier alpha value is -1.75. The molecule has 0 radical (unpaired) electrons. The second-order valence-electron chi connectivity index (χ2n) is 6.25. The minimum atomic E-state index is -0.777. The van der Waals surface area contributed by atoms with E-state index in [1.165, 1.54) is 7.11 Å². The molecule has 0 unspecified atom stereocenters. The molecule has 4 nitrogen and oxygen atoms in total. The third-order valence-electron chi connectivity index (χ3n) is 4.58. The van der Waals surface area contributed by atoms with Gasteiger partial charge in [-0.25, -0.2) is 4.79 Å². The van der Waals surface area contributed by atoms with Crippen molar-refractivity contribution >= 4 is 46.6 Å². The van der Waals surface area contributed by atoms with Gasteiger partial charge in [0.1, 0.15) is 10.8 Å². The summed E-state index contributed by atoms with van der Waals surface area (Å²) in [6.07, 6.45) is 0.439. The number of hydrogen-bond donors (Lipinski definition) is 0. The number of carbonyl (C=O) groups is 2. The number of carbonyl (C=O) groups excluding carboxylic acids is 2. The normalized spacial score (nSPS) is 18.6. The number of benzene rings is 2. The molecule has 1 atom stereocenters. The molecule has 0 aromatic heterocycles. The summed E-state index contributed by atoms with van der Waals surface area (Å²) >= 11 is 18.6. The molecule has 2 aromatic rings. The summed E-state index contributed by atoms with van der Waals surface area (Å²) in [6.45, 7) is 1.56. The molecule has 0 N–H and O–H groups in total. The van der Waals surface area contributed by atoms with Crippen molar-refractivity contribution in [3.8, 4) is 5.75 Å². The van der Waals surface area contributed by atoms with Crippen LogP contribution in [0.4, 0.5) is 0 Å². The number of halogens is 3. The Morgan fingerprint density at radius 3 is 2.42 bits per heavy atom. The van der Waals surface area contributed by atoms with Gasteiger partial charge in [-0.05, 0) is 42.7 Å². The summed E-state index contributed by atoms with van der Waals surface area (Å²) in [6, 6.07) is 8.81. The van der Waals surface area contributed by atoms with Crippen molar-refractivity contribution in [3.05, 3.63) is 62.1 Å². The summed E-state index contributed by atoms with van der Waals surface area (Å²) < 4.78 is 9.95. The van der Waals surface area contributed by atoms with Gasteiger partial charge < -0.3 is 9.47 Å². The fraction of sp³-hybridized carbons (Fsp3) is 0.263. The summed E-state index contributed by atoms with van der Waals surface area (Å²) in [5.74, 6) is -0.407. The second-order valence-corrected chi connectivity index (χ2v) is 7.44. The molecule has 1 aliphatic carbocycles. The van der Waals surface area contributed by atoms with Crippen LogP contribution in [-0.4, -0.2) is 25.5 Å². The summed E-state index contributed by atoms with van der Waals surface area (Å²) in [5.41, 5.74) is 1.18. The average Bonchev–Trinajstić information content (AvgIpc) is 2.88. The van der Waals surface area contributed by atoms with Crippen LogP contribution < -0.4 is 4.74 Å². The molecule has 0 heterocycles. The maximum Gasteiger partial charge on any atom is 0.343 e. The minimum Gasteiger partial charge on any atom is -0.480 e. The molecule has 0 saturated carbocycles. The van der Waals surface area contributed by atoms with Crippen LogP contribution in [0.3, 0.4) is 0 Å². The van der Waals surface area contributed by atoms with Gasteiger partial charge in [0.05, 0.1) is 17.5 Å². The molecule has 1 aliphatic rings. The van der Waals surface area contributed by atoms with Crippen LogP contribution >= 0.6 is 34.8 Å². The Balaban J connectivity index is 2.00. The van der Waals surface area contributed by atoms with Crippen molar-refractivity contribution in [2.45, 2.75) is 18.8 Å². The molecule has 0 fully saturated rings. The Kier molecular flexibility index (Phi) is 5.20. The van der Waals surface area contributed by atoms with E-state index in [1.54, 1.807) is 18.2 Å². The van der Waals surface area contributed by atoms with Crippen LogP contribution in [0.5, 0.6) is 5.75 Å². The molecule has 0 spiro atoms. The maximum absolute atomic E-state index is 13.1. The first-order chi connectivity index (χ1) is 12.3. The minimum absolute atomic E-state index is 0.100. The van der Waals surface area contributed by atoms with Crippen LogP contribution in [0, 0.1) is 0 Å². The zero-order valence-electron chi connectivity index (χ0n) is 14.1. The quantitative estimate of drug-likeness (QED) is 0.669. The fourth-order valence-electron chi connectivity index (χ4n) is 3.13. The van der Waals surface area contributed by atoms with E-state index in [0.29, 0.717) is 17.0 Å². The number of ether oxygens (including phenoxy) is 2. The van der Waals surface area contributed by atoms with Crippen molar-refractivity contribution < 1.29 is 19.1 Å². The predicted molar refractivity (Wildman–Crippen MR) is 101 cm³/mol. The smallest absolute Gasteiger partial charge is 0.343 e. The lowest BCUT2D eigenvalue weighted by Gasteiger charge is -2.22. The van der Waals surface area contributed by atoms with E-state index in [9.17, 15) is 9.59 Å². The molecule has 0 amide bonds. The lowest BCUT2D eigenvalue weighted by atomic mass is 9.79. The third kappa shape index (κ3) is 3.18. The van der Waals surface area contributed by atoms with Gasteiger partial charge >= 0.3 is 5.97 Å². The Morgan fingerprint density at radius 2 is 1.81 bits per heavy atom. The second kappa shape index (κ2) is 7.10. The largest absolute Gasteiger partial charge is 0.480 e. The van der Waals surface area contributed by atoms with Gasteiger partial charge in [0.15, 0.2) is 12.4 Å². The van der Waals surface area contributed by atoms with Crippen molar-refractivity contribution in [2.75, 3.05) is 13.7 Å². The highest BCUT2D eigenvalue weighted by molar-refractivity contribution is 6.45. The lowest BCUT2D eigenvalue weighted by Crippen LogP contribution is -2.29. The van der Waals surface area contributed by atoms with Crippen LogP contribution in [0.25, 0.3) is 0 Å². The van der Waals surface area contributed by atoms with Crippen LogP contribution in [0.2, 0.25) is 15.1 Å². The zero-order chi connectivity index (χ0) is 19.1. The molecular weight excluding hydrogens is 399 g/mol. The van der Waals surface area contributed by atoms with E-state index >= 15 is 0 Å². The number of Topliss-reactive ketones (excluding diaryl/α,β-unsaturated/α-hetero) is 1. The van der Waals surface area contributed by atoms with Crippen LogP contribution in [0.1, 0.15) is 28.4 Å². The number of rotatable bonds is 4. The average molecular weight is 414 g/mol. The Labute approximate surface area is 165 Å². The molecule has 0 saturated heterocycles. The fourth-order valence-corrected chi connectivity index (χ4v) is 3.76. The van der Waals surface area contributed by atoms with Gasteiger partial charge in [0.25, 0.3) is 0 Å². The number of ketones is 1. The van der Waals surface area contributed by atoms with E-state index < -0.39 is 11.4 Å². The van der Waals surface area contributed by atoms with Crippen LogP contribution in [0.15, 0.2) is 30.3 Å². The van der Waals surface area contributed by atoms with Crippen molar-refractivity contribution in [1.82, 2.24) is 0 Å². The van der Waals surface area contributed by atoms with E-state index in [1.807, 2.05) is 19.1 Å². The maximum atomic E-state index is 13.1. The van der Waals surface area contributed by atoms with Gasteiger partial charge in [-0.2, -0.15) is 0 Å². The lowest BCUT2D eigenvalue weighted by molar-refractivity contribution is -0.142. The standard InChI is InChI=1S/C19H15Cl3O4/c1-19(11-3-5-12(20)6-4-11)8-10-7-13(26-9-14(23)25-2)16(21)17(22)15(10)18(19)24/h3-7H,8-9H2,1-2H3/t19-/m1/s1. The van der Waals surface area contributed by atoms with Gasteiger partial charge in [0.2, 0.25) is 0 Å². The van der Waals surface area contributed by atoms with Crippen molar-refractivity contribution in [1.29, 1.82) is 0 Å². The molecule has 3 rings (SSSR count). The molecular formula is C19H15Cl3O4. The number of fused-ring (bicyclic) bond motifs is 1. The van der Waals surface area contributed by atoms with Crippen molar-refractivity contribution in [2.24, 2.45) is 0 Å². The first kappa shape index (κ1) is 19.0. The number of methoxy groups -OCH3 is 1. The first-order valence-electron chi connectivity index (χ1n) is 7.79. The Morgan fingerprint density at radius 1 is 1.15 bits per heavy atom. The molecule has 0 aliphatic heterocycles. The third-order valence-corrected chi connectivity index (χ3v) is 5.68. The first-order valence-corrected chi connectivity index (χ1v) is 8.92. The Bertz CT molecular complexity index is 893. The molecule has 136 valence electrons. The van der Waals surface area contributed by atoms with E-state index in [-0.39, 0.29) is 28.2 Å². The van der Waals surface area contributed by atoms with Gasteiger partial charge in [-0.15, -0.1) is 0 Å². The van der Waals surface area contributed by atoms with Gasteiger partial charge in [0, 0.05) is 10.6 Å². The highest BCUT2D eigenvalue weighted by Crippen LogP contribution is 2.47.